The number of carboxylic acids is 1. The van der Waals surface area contributed by atoms with Crippen LogP contribution in [0.5, 0.6) is 5.75 Å². The summed E-state index contributed by atoms with van der Waals surface area (Å²) in [6.45, 7) is 10.4. The largest absolute Gasteiger partial charge is 0.479 e. The highest BCUT2D eigenvalue weighted by atomic mass is 16.5. The molecule has 7 heteroatoms. The predicted molar refractivity (Wildman–Crippen MR) is 151 cm³/mol. The van der Waals surface area contributed by atoms with Crippen molar-refractivity contribution < 1.29 is 19.4 Å². The van der Waals surface area contributed by atoms with Crippen LogP contribution in [0.3, 0.4) is 0 Å². The molecule has 2 heterocycles. The maximum atomic E-state index is 13.8. The molecular weight excluding hydrogens is 478 g/mol. The van der Waals surface area contributed by atoms with Gasteiger partial charge in [0.15, 0.2) is 12.4 Å². The normalized spacial score (nSPS) is 19.7. The van der Waals surface area contributed by atoms with Crippen molar-refractivity contribution in [3.05, 3.63) is 59.2 Å². The van der Waals surface area contributed by atoms with Crippen molar-refractivity contribution in [3.63, 3.8) is 0 Å². The number of likely N-dealkylation sites (tertiary alicyclic amines) is 1. The highest BCUT2D eigenvalue weighted by molar-refractivity contribution is 6.02. The van der Waals surface area contributed by atoms with Crippen molar-refractivity contribution in [2.75, 3.05) is 37.7 Å². The van der Waals surface area contributed by atoms with E-state index in [0.29, 0.717) is 29.6 Å². The molecule has 204 valence electrons. The summed E-state index contributed by atoms with van der Waals surface area (Å²) in [5.74, 6) is 0.314. The number of aliphatic carboxylic acids is 1. The number of rotatable bonds is 10. The van der Waals surface area contributed by atoms with Crippen molar-refractivity contribution in [1.82, 2.24) is 4.90 Å². The van der Waals surface area contributed by atoms with Crippen LogP contribution < -0.4 is 9.64 Å². The summed E-state index contributed by atoms with van der Waals surface area (Å²) >= 11 is 0. The Labute approximate surface area is 226 Å². The number of anilines is 1. The third-order valence-electron chi connectivity index (χ3n) is 7.70. The first-order valence-corrected chi connectivity index (χ1v) is 13.8. The van der Waals surface area contributed by atoms with E-state index >= 15 is 0 Å². The average molecular weight is 520 g/mol. The fourth-order valence-electron chi connectivity index (χ4n) is 5.85. The molecule has 0 spiro atoms. The smallest absolute Gasteiger partial charge is 0.341 e. The first-order valence-electron chi connectivity index (χ1n) is 13.8. The van der Waals surface area contributed by atoms with Crippen LogP contribution in [-0.4, -0.2) is 60.4 Å². The number of hydrogen-bond donors (Lipinski definition) is 2. The lowest BCUT2D eigenvalue weighted by atomic mass is 9.84. The molecule has 0 saturated carbocycles. The van der Waals surface area contributed by atoms with Crippen molar-refractivity contribution in [1.29, 1.82) is 5.41 Å². The summed E-state index contributed by atoms with van der Waals surface area (Å²) in [7, 11) is 0. The summed E-state index contributed by atoms with van der Waals surface area (Å²) in [6, 6.07) is 13.9. The van der Waals surface area contributed by atoms with E-state index in [1.165, 1.54) is 0 Å². The minimum atomic E-state index is -1.03. The maximum Gasteiger partial charge on any atom is 0.341 e. The molecule has 2 atom stereocenters. The number of nitrogens with one attached hydrogen (secondary N) is 1. The Morgan fingerprint density at radius 1 is 1.11 bits per heavy atom. The summed E-state index contributed by atoms with van der Waals surface area (Å²) in [5.41, 5.74) is 2.99. The zero-order valence-corrected chi connectivity index (χ0v) is 23.1. The maximum absolute atomic E-state index is 13.8. The Hall–Kier alpha value is -3.35. The standard InChI is InChI=1S/C31H41N3O4/c1-5-11-22-18-34(30(32)28(22)21-12-7-6-8-13-21)19-26(35)23-16-24(31(2,3)4)29(38-20-27(36)37)25(17-23)33-14-9-10-15-33/h6-8,12-13,16-17,22,28,32H,5,9-11,14-15,18-20H2,1-4H3,(H,36,37). The third kappa shape index (κ3) is 6.03. The second-order valence-electron chi connectivity index (χ2n) is 11.6. The van der Waals surface area contributed by atoms with E-state index in [2.05, 4.69) is 24.0 Å². The molecule has 0 aliphatic carbocycles. The lowest BCUT2D eigenvalue weighted by molar-refractivity contribution is -0.139. The average Bonchev–Trinajstić information content (AvgIpc) is 3.51. The van der Waals surface area contributed by atoms with E-state index in [4.69, 9.17) is 10.1 Å². The number of carbonyl (C=O) groups is 2. The van der Waals surface area contributed by atoms with Crippen LogP contribution in [0, 0.1) is 11.3 Å². The Balaban J connectivity index is 1.66. The van der Waals surface area contributed by atoms with Crippen LogP contribution in [0.4, 0.5) is 5.69 Å². The molecule has 2 unspecified atom stereocenters. The third-order valence-corrected chi connectivity index (χ3v) is 7.70. The molecule has 2 aromatic rings. The molecule has 2 saturated heterocycles. The Kier molecular flexibility index (Phi) is 8.44. The van der Waals surface area contributed by atoms with E-state index in [9.17, 15) is 14.7 Å². The van der Waals surface area contributed by atoms with Gasteiger partial charge in [-0.15, -0.1) is 0 Å². The van der Waals surface area contributed by atoms with Gasteiger partial charge in [-0.1, -0.05) is 64.4 Å². The molecule has 0 bridgehead atoms. The summed E-state index contributed by atoms with van der Waals surface area (Å²) in [6.07, 6.45) is 4.14. The molecule has 4 rings (SSSR count). The van der Waals surface area contributed by atoms with Crippen LogP contribution >= 0.6 is 0 Å². The van der Waals surface area contributed by atoms with Gasteiger partial charge in [-0.3, -0.25) is 10.2 Å². The van der Waals surface area contributed by atoms with Crippen molar-refractivity contribution in [2.45, 2.75) is 64.7 Å². The molecule has 0 aromatic heterocycles. The van der Waals surface area contributed by atoms with Crippen molar-refractivity contribution in [3.8, 4) is 5.75 Å². The number of benzene rings is 2. The SMILES string of the molecule is CCCC1CN(CC(=O)c2cc(N3CCCC3)c(OCC(=O)O)c(C(C)(C)C)c2)C(=N)C1c1ccccc1. The number of nitrogens with zero attached hydrogens (tertiary/aromatic N) is 2. The van der Waals surface area contributed by atoms with Gasteiger partial charge in [0.1, 0.15) is 11.6 Å². The molecule has 0 radical (unpaired) electrons. The highest BCUT2D eigenvalue weighted by Gasteiger charge is 2.39. The van der Waals surface area contributed by atoms with Gasteiger partial charge >= 0.3 is 5.97 Å². The Bertz CT molecular complexity index is 1170. The zero-order valence-electron chi connectivity index (χ0n) is 23.1. The monoisotopic (exact) mass is 519 g/mol. The Morgan fingerprint density at radius 2 is 1.79 bits per heavy atom. The van der Waals surface area contributed by atoms with Gasteiger partial charge in [0, 0.05) is 36.7 Å². The van der Waals surface area contributed by atoms with Gasteiger partial charge in [0.2, 0.25) is 0 Å². The highest BCUT2D eigenvalue weighted by Crippen LogP contribution is 2.42. The quantitative estimate of drug-likeness (QED) is 0.390. The first kappa shape index (κ1) is 27.7. The second-order valence-corrected chi connectivity index (χ2v) is 11.6. The number of Topliss-reactive ketones (excluding diaryl/α,β-unsaturated/α-hetero) is 1. The second kappa shape index (κ2) is 11.6. The van der Waals surface area contributed by atoms with E-state index in [0.717, 1.165) is 55.6 Å². The van der Waals surface area contributed by atoms with E-state index in [-0.39, 0.29) is 23.7 Å². The number of ketones is 1. The summed E-state index contributed by atoms with van der Waals surface area (Å²) < 4.78 is 5.86. The topological polar surface area (TPSA) is 93.9 Å². The molecule has 2 aromatic carbocycles. The summed E-state index contributed by atoms with van der Waals surface area (Å²) in [4.78, 5) is 29.3. The number of hydrogen-bond acceptors (Lipinski definition) is 5. The van der Waals surface area contributed by atoms with Gasteiger partial charge in [-0.05, 0) is 48.3 Å². The van der Waals surface area contributed by atoms with Crippen LogP contribution in [0.1, 0.15) is 80.8 Å². The van der Waals surface area contributed by atoms with Gasteiger partial charge in [0.25, 0.3) is 0 Å². The Morgan fingerprint density at radius 3 is 2.39 bits per heavy atom. The van der Waals surface area contributed by atoms with Crippen molar-refractivity contribution >= 4 is 23.3 Å². The lowest BCUT2D eigenvalue weighted by Gasteiger charge is -2.29. The van der Waals surface area contributed by atoms with Crippen LogP contribution in [0.15, 0.2) is 42.5 Å². The fraction of sp³-hybridized carbons (Fsp3) is 0.516. The van der Waals surface area contributed by atoms with Crippen LogP contribution in [0.25, 0.3) is 0 Å². The van der Waals surface area contributed by atoms with Gasteiger partial charge in [-0.2, -0.15) is 0 Å². The molecule has 7 nitrogen and oxygen atoms in total. The molecule has 0 amide bonds. The fourth-order valence-corrected chi connectivity index (χ4v) is 5.85. The minimum Gasteiger partial charge on any atom is -0.479 e. The number of carbonyl (C=O) groups excluding carboxylic acids is 1. The first-order chi connectivity index (χ1) is 18.1. The number of carboxylic acid groups (broad SMARTS) is 1. The van der Waals surface area contributed by atoms with Crippen molar-refractivity contribution in [2.24, 2.45) is 5.92 Å². The van der Waals surface area contributed by atoms with E-state index < -0.39 is 12.6 Å². The molecule has 2 N–H and O–H groups in total. The molecule has 2 aliphatic rings. The minimum absolute atomic E-state index is 0.000965. The van der Waals surface area contributed by atoms with Gasteiger partial charge in [0.05, 0.1) is 12.2 Å². The van der Waals surface area contributed by atoms with E-state index in [1.807, 2.05) is 56.0 Å². The zero-order chi connectivity index (χ0) is 27.4. The molecule has 38 heavy (non-hydrogen) atoms. The molecule has 2 fully saturated rings. The van der Waals surface area contributed by atoms with Crippen LogP contribution in [0.2, 0.25) is 0 Å². The lowest BCUT2D eigenvalue weighted by Crippen LogP contribution is -2.32. The predicted octanol–water partition coefficient (Wildman–Crippen LogP) is 5.72. The van der Waals surface area contributed by atoms with Gasteiger partial charge in [-0.25, -0.2) is 4.79 Å². The van der Waals surface area contributed by atoms with Gasteiger partial charge < -0.3 is 19.6 Å². The number of ether oxygens (including phenoxy) is 1. The number of amidine groups is 1. The van der Waals surface area contributed by atoms with Crippen LogP contribution in [-0.2, 0) is 10.2 Å². The summed E-state index contributed by atoms with van der Waals surface area (Å²) in [5, 5.41) is 18.3. The molecular formula is C31H41N3O4. The van der Waals surface area contributed by atoms with E-state index in [1.54, 1.807) is 0 Å². The molecule has 2 aliphatic heterocycles.